The molecule has 0 radical (unpaired) electrons. The highest BCUT2D eigenvalue weighted by Crippen LogP contribution is 2.27. The smallest absolute Gasteiger partial charge is 0.122 e. The molecule has 0 unspecified atom stereocenters. The SMILES string of the molecule is Nc1ccc(SCCc2ccc3c(c2)CCO3)cc1. The maximum atomic E-state index is 5.68. The van der Waals surface area contributed by atoms with Gasteiger partial charge in [0, 0.05) is 22.8 Å². The first-order valence-electron chi connectivity index (χ1n) is 6.54. The number of hydrogen-bond acceptors (Lipinski definition) is 3. The number of rotatable bonds is 4. The highest BCUT2D eigenvalue weighted by Gasteiger charge is 2.11. The lowest BCUT2D eigenvalue weighted by Gasteiger charge is -2.05. The van der Waals surface area contributed by atoms with Gasteiger partial charge in [-0.1, -0.05) is 12.1 Å². The second-order valence-corrected chi connectivity index (χ2v) is 5.88. The van der Waals surface area contributed by atoms with Gasteiger partial charge in [-0.3, -0.25) is 0 Å². The third kappa shape index (κ3) is 3.04. The van der Waals surface area contributed by atoms with Gasteiger partial charge in [0.15, 0.2) is 0 Å². The second-order valence-electron chi connectivity index (χ2n) is 4.71. The lowest BCUT2D eigenvalue weighted by Crippen LogP contribution is -1.90. The molecule has 19 heavy (non-hydrogen) atoms. The van der Waals surface area contributed by atoms with Gasteiger partial charge >= 0.3 is 0 Å². The molecule has 2 aromatic rings. The van der Waals surface area contributed by atoms with E-state index >= 15 is 0 Å². The number of aryl methyl sites for hydroxylation is 1. The molecule has 0 saturated carbocycles. The van der Waals surface area contributed by atoms with E-state index in [0.29, 0.717) is 0 Å². The molecule has 0 aliphatic carbocycles. The van der Waals surface area contributed by atoms with Crippen LogP contribution in [0.2, 0.25) is 0 Å². The molecule has 0 amide bonds. The number of fused-ring (bicyclic) bond motifs is 1. The minimum atomic E-state index is 0.822. The van der Waals surface area contributed by atoms with E-state index < -0.39 is 0 Å². The zero-order valence-electron chi connectivity index (χ0n) is 10.8. The lowest BCUT2D eigenvalue weighted by atomic mass is 10.1. The number of ether oxygens (including phenoxy) is 1. The van der Waals surface area contributed by atoms with Crippen molar-refractivity contribution in [2.24, 2.45) is 0 Å². The van der Waals surface area contributed by atoms with Crippen LogP contribution in [-0.4, -0.2) is 12.4 Å². The molecule has 1 heterocycles. The van der Waals surface area contributed by atoms with E-state index in [9.17, 15) is 0 Å². The van der Waals surface area contributed by atoms with Crippen molar-refractivity contribution in [3.8, 4) is 5.75 Å². The van der Waals surface area contributed by atoms with E-state index in [1.165, 1.54) is 16.0 Å². The fourth-order valence-electron chi connectivity index (χ4n) is 2.25. The first-order chi connectivity index (χ1) is 9.31. The maximum absolute atomic E-state index is 5.68. The molecular weight excluding hydrogens is 254 g/mol. The molecule has 3 heteroatoms. The number of nitrogens with two attached hydrogens (primary N) is 1. The fraction of sp³-hybridized carbons (Fsp3) is 0.250. The summed E-state index contributed by atoms with van der Waals surface area (Å²) in [5.41, 5.74) is 9.25. The van der Waals surface area contributed by atoms with Gasteiger partial charge in [0.05, 0.1) is 6.61 Å². The summed E-state index contributed by atoms with van der Waals surface area (Å²) in [6.45, 7) is 0.832. The first kappa shape index (κ1) is 12.4. The second kappa shape index (κ2) is 5.57. The van der Waals surface area contributed by atoms with Crippen molar-refractivity contribution in [3.05, 3.63) is 53.6 Å². The monoisotopic (exact) mass is 271 g/mol. The van der Waals surface area contributed by atoms with Crippen LogP contribution in [0.25, 0.3) is 0 Å². The van der Waals surface area contributed by atoms with Crippen LogP contribution >= 0.6 is 11.8 Å². The van der Waals surface area contributed by atoms with Crippen LogP contribution in [0.5, 0.6) is 5.75 Å². The van der Waals surface area contributed by atoms with Gasteiger partial charge in [-0.2, -0.15) is 0 Å². The summed E-state index contributed by atoms with van der Waals surface area (Å²) in [5.74, 6) is 2.15. The van der Waals surface area contributed by atoms with E-state index in [-0.39, 0.29) is 0 Å². The van der Waals surface area contributed by atoms with E-state index in [4.69, 9.17) is 10.5 Å². The molecule has 1 aliphatic heterocycles. The van der Waals surface area contributed by atoms with E-state index in [0.717, 1.165) is 36.6 Å². The average molecular weight is 271 g/mol. The van der Waals surface area contributed by atoms with Gasteiger partial charge in [0.2, 0.25) is 0 Å². The Morgan fingerprint density at radius 3 is 2.79 bits per heavy atom. The van der Waals surface area contributed by atoms with Crippen LogP contribution in [0.3, 0.4) is 0 Å². The predicted octanol–water partition coefficient (Wildman–Crippen LogP) is 3.54. The molecule has 1 aliphatic rings. The number of nitrogen functional groups attached to an aromatic ring is 1. The van der Waals surface area contributed by atoms with Crippen LogP contribution in [0.4, 0.5) is 5.69 Å². The Balaban J connectivity index is 1.56. The summed E-state index contributed by atoms with van der Waals surface area (Å²) in [5, 5.41) is 0. The van der Waals surface area contributed by atoms with Crippen LogP contribution in [0.15, 0.2) is 47.4 Å². The molecule has 2 N–H and O–H groups in total. The van der Waals surface area contributed by atoms with Crippen molar-refractivity contribution in [1.82, 2.24) is 0 Å². The Hall–Kier alpha value is -1.61. The maximum Gasteiger partial charge on any atom is 0.122 e. The summed E-state index contributed by atoms with van der Waals surface area (Å²) in [7, 11) is 0. The summed E-state index contributed by atoms with van der Waals surface area (Å²) in [4.78, 5) is 1.28. The molecule has 0 spiro atoms. The molecule has 3 rings (SSSR count). The van der Waals surface area contributed by atoms with Crippen molar-refractivity contribution in [2.45, 2.75) is 17.7 Å². The summed E-state index contributed by atoms with van der Waals surface area (Å²) in [6.07, 6.45) is 2.14. The van der Waals surface area contributed by atoms with Gasteiger partial charge in [-0.15, -0.1) is 11.8 Å². The molecule has 0 fully saturated rings. The lowest BCUT2D eigenvalue weighted by molar-refractivity contribution is 0.357. The Bertz CT molecular complexity index is 565. The molecule has 0 aromatic heterocycles. The Kier molecular flexibility index (Phi) is 3.65. The third-order valence-corrected chi connectivity index (χ3v) is 4.31. The molecule has 2 aromatic carbocycles. The van der Waals surface area contributed by atoms with Gasteiger partial charge in [-0.05, 0) is 47.9 Å². The van der Waals surface area contributed by atoms with E-state index in [1.54, 1.807) is 0 Å². The number of anilines is 1. The Labute approximate surface area is 118 Å². The summed E-state index contributed by atoms with van der Waals surface area (Å²) >= 11 is 1.87. The van der Waals surface area contributed by atoms with Gasteiger partial charge in [-0.25, -0.2) is 0 Å². The van der Waals surface area contributed by atoms with E-state index in [2.05, 4.69) is 30.3 Å². The number of hydrogen-bond donors (Lipinski definition) is 1. The quantitative estimate of drug-likeness (QED) is 0.682. The molecular formula is C16H17NOS. The standard InChI is InChI=1S/C16H17NOS/c17-14-2-4-15(5-3-14)19-10-8-12-1-6-16-13(11-12)7-9-18-16/h1-6,11H,7-10,17H2. The topological polar surface area (TPSA) is 35.2 Å². The van der Waals surface area contributed by atoms with Crippen molar-refractivity contribution in [2.75, 3.05) is 18.1 Å². The molecule has 98 valence electrons. The number of thioether (sulfide) groups is 1. The molecule has 2 nitrogen and oxygen atoms in total. The minimum Gasteiger partial charge on any atom is -0.493 e. The largest absolute Gasteiger partial charge is 0.493 e. The zero-order chi connectivity index (χ0) is 13.1. The normalized spacial score (nSPS) is 13.1. The van der Waals surface area contributed by atoms with Gasteiger partial charge in [0.25, 0.3) is 0 Å². The van der Waals surface area contributed by atoms with Crippen LogP contribution in [0.1, 0.15) is 11.1 Å². The highest BCUT2D eigenvalue weighted by atomic mass is 32.2. The van der Waals surface area contributed by atoms with Crippen molar-refractivity contribution < 1.29 is 4.74 Å². The number of benzene rings is 2. The van der Waals surface area contributed by atoms with Crippen molar-refractivity contribution in [3.63, 3.8) is 0 Å². The van der Waals surface area contributed by atoms with Crippen LogP contribution in [0, 0.1) is 0 Å². The Morgan fingerprint density at radius 2 is 1.95 bits per heavy atom. The average Bonchev–Trinajstić information content (AvgIpc) is 2.88. The highest BCUT2D eigenvalue weighted by molar-refractivity contribution is 7.99. The van der Waals surface area contributed by atoms with Gasteiger partial charge < -0.3 is 10.5 Å². The fourth-order valence-corrected chi connectivity index (χ4v) is 3.15. The molecule has 0 bridgehead atoms. The minimum absolute atomic E-state index is 0.822. The van der Waals surface area contributed by atoms with E-state index in [1.807, 2.05) is 23.9 Å². The molecule has 0 atom stereocenters. The Morgan fingerprint density at radius 1 is 1.11 bits per heavy atom. The zero-order valence-corrected chi connectivity index (χ0v) is 11.6. The predicted molar refractivity (Wildman–Crippen MR) is 80.9 cm³/mol. The van der Waals surface area contributed by atoms with Gasteiger partial charge in [0.1, 0.15) is 5.75 Å². The first-order valence-corrected chi connectivity index (χ1v) is 7.53. The van der Waals surface area contributed by atoms with Crippen molar-refractivity contribution in [1.29, 1.82) is 0 Å². The summed E-state index contributed by atoms with van der Waals surface area (Å²) in [6, 6.07) is 14.6. The van der Waals surface area contributed by atoms with Crippen molar-refractivity contribution >= 4 is 17.4 Å². The molecule has 0 saturated heterocycles. The third-order valence-electron chi connectivity index (χ3n) is 3.29. The van der Waals surface area contributed by atoms with Crippen LogP contribution in [-0.2, 0) is 12.8 Å². The van der Waals surface area contributed by atoms with Crippen LogP contribution < -0.4 is 10.5 Å². The summed E-state index contributed by atoms with van der Waals surface area (Å²) < 4.78 is 5.52.